The van der Waals surface area contributed by atoms with Crippen LogP contribution in [0.2, 0.25) is 0 Å². The maximum atomic E-state index is 9.94. The molecular formula is C8H4N2OS. The van der Waals surface area contributed by atoms with Crippen LogP contribution in [0.3, 0.4) is 0 Å². The average molecular weight is 176 g/mol. The molecule has 0 aliphatic heterocycles. The first-order valence-electron chi connectivity index (χ1n) is 3.32. The van der Waals surface area contributed by atoms with E-state index < -0.39 is 0 Å². The van der Waals surface area contributed by atoms with E-state index in [-0.39, 0.29) is 0 Å². The zero-order chi connectivity index (χ0) is 8.39. The highest BCUT2D eigenvalue weighted by molar-refractivity contribution is 7.13. The van der Waals surface area contributed by atoms with Gasteiger partial charge in [-0.15, -0.1) is 0 Å². The van der Waals surface area contributed by atoms with Crippen molar-refractivity contribution in [3.05, 3.63) is 24.4 Å². The monoisotopic (exact) mass is 176 g/mol. The molecule has 0 unspecified atom stereocenters. The Morgan fingerprint density at radius 3 is 3.25 bits per heavy atom. The Balaban J connectivity index is 2.67. The smallest absolute Gasteiger partial charge is 0.211 e. The summed E-state index contributed by atoms with van der Waals surface area (Å²) >= 11 is 1.42. The fourth-order valence-corrected chi connectivity index (χ4v) is 1.61. The summed E-state index contributed by atoms with van der Waals surface area (Å²) in [6.07, 6.45) is 3.25. The van der Waals surface area contributed by atoms with Gasteiger partial charge in [-0.1, -0.05) is 0 Å². The molecule has 0 aliphatic carbocycles. The fourth-order valence-electron chi connectivity index (χ4n) is 0.982. The van der Waals surface area contributed by atoms with Crippen molar-refractivity contribution in [2.24, 2.45) is 4.99 Å². The van der Waals surface area contributed by atoms with E-state index in [0.29, 0.717) is 5.69 Å². The Hall–Kier alpha value is -1.51. The van der Waals surface area contributed by atoms with Crippen molar-refractivity contribution in [2.45, 2.75) is 0 Å². The van der Waals surface area contributed by atoms with E-state index in [4.69, 9.17) is 0 Å². The van der Waals surface area contributed by atoms with Crippen molar-refractivity contribution in [1.29, 1.82) is 0 Å². The summed E-state index contributed by atoms with van der Waals surface area (Å²) in [6.45, 7) is 0. The van der Waals surface area contributed by atoms with Gasteiger partial charge in [-0.2, -0.15) is 9.37 Å². The highest BCUT2D eigenvalue weighted by atomic mass is 32.1. The van der Waals surface area contributed by atoms with Gasteiger partial charge in [0.2, 0.25) is 6.08 Å². The van der Waals surface area contributed by atoms with E-state index in [0.717, 1.165) is 10.1 Å². The van der Waals surface area contributed by atoms with Gasteiger partial charge in [0, 0.05) is 11.6 Å². The summed E-state index contributed by atoms with van der Waals surface area (Å²) in [5.41, 5.74) is 0.623. The maximum Gasteiger partial charge on any atom is 0.240 e. The molecule has 0 fully saturated rings. The Bertz CT molecular complexity index is 457. The summed E-state index contributed by atoms with van der Waals surface area (Å²) in [7, 11) is 0. The number of benzene rings is 1. The number of fused-ring (bicyclic) bond motifs is 1. The van der Waals surface area contributed by atoms with Gasteiger partial charge in [0.1, 0.15) is 0 Å². The van der Waals surface area contributed by atoms with Crippen LogP contribution in [0.25, 0.3) is 10.1 Å². The largest absolute Gasteiger partial charge is 0.240 e. The van der Waals surface area contributed by atoms with Gasteiger partial charge in [0.25, 0.3) is 0 Å². The Labute approximate surface area is 72.5 Å². The van der Waals surface area contributed by atoms with Crippen LogP contribution in [-0.2, 0) is 4.79 Å². The van der Waals surface area contributed by atoms with Crippen molar-refractivity contribution >= 4 is 33.4 Å². The minimum absolute atomic E-state index is 0.623. The van der Waals surface area contributed by atoms with Crippen LogP contribution in [0.1, 0.15) is 0 Å². The number of nitrogens with zero attached hydrogens (tertiary/aromatic N) is 2. The second kappa shape index (κ2) is 2.85. The summed E-state index contributed by atoms with van der Waals surface area (Å²) < 4.78 is 5.10. The topological polar surface area (TPSA) is 42.3 Å². The fraction of sp³-hybridized carbons (Fsp3) is 0. The molecule has 1 aromatic heterocycles. The van der Waals surface area contributed by atoms with Crippen LogP contribution in [0.5, 0.6) is 0 Å². The molecule has 1 aromatic carbocycles. The summed E-state index contributed by atoms with van der Waals surface area (Å²) in [4.78, 5) is 13.5. The molecule has 0 aliphatic rings. The second-order valence-electron chi connectivity index (χ2n) is 2.25. The summed E-state index contributed by atoms with van der Waals surface area (Å²) in [5.74, 6) is 0. The molecular weight excluding hydrogens is 172 g/mol. The lowest BCUT2D eigenvalue weighted by Gasteiger charge is -1.88. The third-order valence-corrected chi connectivity index (χ3v) is 2.29. The van der Waals surface area contributed by atoms with E-state index in [1.165, 1.54) is 17.6 Å². The van der Waals surface area contributed by atoms with Gasteiger partial charge in [-0.05, 0) is 29.7 Å². The maximum absolute atomic E-state index is 9.94. The quantitative estimate of drug-likeness (QED) is 0.494. The van der Waals surface area contributed by atoms with Crippen molar-refractivity contribution in [2.75, 3.05) is 0 Å². The van der Waals surface area contributed by atoms with Crippen LogP contribution < -0.4 is 0 Å². The van der Waals surface area contributed by atoms with Crippen molar-refractivity contribution in [1.82, 2.24) is 4.37 Å². The third-order valence-electron chi connectivity index (χ3n) is 1.51. The van der Waals surface area contributed by atoms with Gasteiger partial charge in [-0.3, -0.25) is 0 Å². The number of carbonyl (C=O) groups excluding carboxylic acids is 1. The molecule has 1 heterocycles. The van der Waals surface area contributed by atoms with E-state index in [2.05, 4.69) is 9.37 Å². The SMILES string of the molecule is O=C=Nc1ccc2sncc2c1. The van der Waals surface area contributed by atoms with Gasteiger partial charge < -0.3 is 0 Å². The lowest BCUT2D eigenvalue weighted by Crippen LogP contribution is -1.63. The highest BCUT2D eigenvalue weighted by Gasteiger charge is 1.96. The number of isocyanates is 1. The minimum Gasteiger partial charge on any atom is -0.211 e. The zero-order valence-electron chi connectivity index (χ0n) is 6.02. The number of aliphatic imine (C=N–C) groups is 1. The lowest BCUT2D eigenvalue weighted by atomic mass is 10.2. The second-order valence-corrected chi connectivity index (χ2v) is 3.08. The predicted octanol–water partition coefficient (Wildman–Crippen LogP) is 2.26. The predicted molar refractivity (Wildman–Crippen MR) is 47.4 cm³/mol. The van der Waals surface area contributed by atoms with Crippen LogP contribution in [0.4, 0.5) is 5.69 Å². The molecule has 4 heteroatoms. The Morgan fingerprint density at radius 1 is 1.50 bits per heavy atom. The summed E-state index contributed by atoms with van der Waals surface area (Å²) in [5, 5.41) is 1.01. The minimum atomic E-state index is 0.623. The standard InChI is InChI=1S/C8H4N2OS/c11-5-9-7-1-2-8-6(3-7)4-10-12-8/h1-4H. The van der Waals surface area contributed by atoms with Gasteiger partial charge in [0.15, 0.2) is 0 Å². The summed E-state index contributed by atoms with van der Waals surface area (Å²) in [6, 6.07) is 5.47. The van der Waals surface area contributed by atoms with E-state index in [9.17, 15) is 4.79 Å². The molecule has 2 rings (SSSR count). The zero-order valence-corrected chi connectivity index (χ0v) is 6.84. The van der Waals surface area contributed by atoms with Crippen LogP contribution >= 0.6 is 11.5 Å². The molecule has 3 nitrogen and oxygen atoms in total. The average Bonchev–Trinajstić information content (AvgIpc) is 2.51. The molecule has 0 atom stereocenters. The van der Waals surface area contributed by atoms with Crippen LogP contribution in [-0.4, -0.2) is 10.5 Å². The van der Waals surface area contributed by atoms with E-state index in [1.807, 2.05) is 12.1 Å². The lowest BCUT2D eigenvalue weighted by molar-refractivity contribution is 0.565. The normalized spacial score (nSPS) is 9.67. The van der Waals surface area contributed by atoms with Gasteiger partial charge in [-0.25, -0.2) is 4.79 Å². The molecule has 0 N–H and O–H groups in total. The van der Waals surface area contributed by atoms with Crippen LogP contribution in [0.15, 0.2) is 29.4 Å². The third kappa shape index (κ3) is 1.13. The molecule has 0 radical (unpaired) electrons. The van der Waals surface area contributed by atoms with Crippen molar-refractivity contribution in [3.8, 4) is 0 Å². The first kappa shape index (κ1) is 7.16. The van der Waals surface area contributed by atoms with Crippen LogP contribution in [0, 0.1) is 0 Å². The molecule has 58 valence electrons. The molecule has 0 saturated carbocycles. The molecule has 12 heavy (non-hydrogen) atoms. The number of hydrogen-bond acceptors (Lipinski definition) is 4. The van der Waals surface area contributed by atoms with Gasteiger partial charge in [0.05, 0.1) is 10.4 Å². The number of aromatic nitrogens is 1. The number of hydrogen-bond donors (Lipinski definition) is 0. The van der Waals surface area contributed by atoms with Crippen molar-refractivity contribution < 1.29 is 4.79 Å². The molecule has 0 saturated heterocycles. The molecule has 0 spiro atoms. The van der Waals surface area contributed by atoms with Gasteiger partial charge >= 0.3 is 0 Å². The van der Waals surface area contributed by atoms with E-state index in [1.54, 1.807) is 12.3 Å². The highest BCUT2D eigenvalue weighted by Crippen LogP contribution is 2.22. The first-order chi connectivity index (χ1) is 5.90. The molecule has 2 aromatic rings. The molecule has 0 amide bonds. The Morgan fingerprint density at radius 2 is 2.42 bits per heavy atom. The Kier molecular flexibility index (Phi) is 1.70. The first-order valence-corrected chi connectivity index (χ1v) is 4.10. The van der Waals surface area contributed by atoms with Crippen molar-refractivity contribution in [3.63, 3.8) is 0 Å². The number of rotatable bonds is 1. The van der Waals surface area contributed by atoms with E-state index >= 15 is 0 Å². The molecule has 0 bridgehead atoms.